The van der Waals surface area contributed by atoms with Crippen LogP contribution in [0.2, 0.25) is 5.02 Å². The fourth-order valence-corrected chi connectivity index (χ4v) is 4.17. The summed E-state index contributed by atoms with van der Waals surface area (Å²) in [6, 6.07) is 7.79. The number of guanidine groups is 1. The third-order valence-electron chi connectivity index (χ3n) is 4.18. The van der Waals surface area contributed by atoms with E-state index in [-0.39, 0.29) is 35.5 Å². The molecule has 2 rings (SSSR count). The van der Waals surface area contributed by atoms with Crippen molar-refractivity contribution in [3.8, 4) is 0 Å². The van der Waals surface area contributed by atoms with Crippen LogP contribution in [-0.4, -0.2) is 75.5 Å². The maximum Gasteiger partial charge on any atom is 0.194 e. The van der Waals surface area contributed by atoms with Crippen LogP contribution in [0.15, 0.2) is 29.3 Å². The van der Waals surface area contributed by atoms with Gasteiger partial charge in [-0.1, -0.05) is 29.8 Å². The van der Waals surface area contributed by atoms with Gasteiger partial charge in [-0.05, 0) is 18.6 Å². The van der Waals surface area contributed by atoms with E-state index in [1.165, 1.54) is 0 Å². The first-order valence-corrected chi connectivity index (χ1v) is 10.8. The fourth-order valence-electron chi connectivity index (χ4n) is 2.70. The van der Waals surface area contributed by atoms with E-state index >= 15 is 0 Å². The molecule has 0 aromatic heterocycles. The van der Waals surface area contributed by atoms with E-state index in [9.17, 15) is 8.42 Å². The van der Waals surface area contributed by atoms with Crippen molar-refractivity contribution < 1.29 is 8.42 Å². The van der Waals surface area contributed by atoms with E-state index < -0.39 is 9.84 Å². The highest BCUT2D eigenvalue weighted by atomic mass is 127. The molecule has 0 spiro atoms. The minimum Gasteiger partial charge on any atom is -0.357 e. The van der Waals surface area contributed by atoms with Crippen LogP contribution in [0, 0.1) is 0 Å². The van der Waals surface area contributed by atoms with Crippen molar-refractivity contribution in [3.05, 3.63) is 34.9 Å². The van der Waals surface area contributed by atoms with E-state index in [4.69, 9.17) is 11.6 Å². The Bertz CT molecular complexity index is 686. The predicted molar refractivity (Wildman–Crippen MR) is 119 cm³/mol. The maximum absolute atomic E-state index is 11.5. The lowest BCUT2D eigenvalue weighted by Gasteiger charge is -2.26. The van der Waals surface area contributed by atoms with Gasteiger partial charge < -0.3 is 10.2 Å². The highest BCUT2D eigenvalue weighted by molar-refractivity contribution is 14.0. The number of benzene rings is 1. The molecule has 1 saturated heterocycles. The summed E-state index contributed by atoms with van der Waals surface area (Å²) < 4.78 is 22.9. The lowest BCUT2D eigenvalue weighted by molar-refractivity contribution is 0.303. The minimum atomic E-state index is -2.83. The van der Waals surface area contributed by atoms with Crippen LogP contribution < -0.4 is 5.32 Å². The van der Waals surface area contributed by atoms with Gasteiger partial charge in [0.1, 0.15) is 0 Å². The van der Waals surface area contributed by atoms with Gasteiger partial charge in [-0.3, -0.25) is 9.89 Å². The molecule has 9 heteroatoms. The number of sulfone groups is 1. The van der Waals surface area contributed by atoms with Crippen molar-refractivity contribution in [1.29, 1.82) is 0 Å². The Morgan fingerprint density at radius 2 is 1.96 bits per heavy atom. The molecule has 0 aliphatic carbocycles. The molecule has 1 fully saturated rings. The molecular formula is C17H28ClIN4O2S. The zero-order valence-electron chi connectivity index (χ0n) is 15.3. The number of hydrogen-bond acceptors (Lipinski definition) is 4. The van der Waals surface area contributed by atoms with Crippen molar-refractivity contribution in [1.82, 2.24) is 15.1 Å². The normalized spacial score (nSPS) is 17.4. The van der Waals surface area contributed by atoms with Gasteiger partial charge in [-0.25, -0.2) is 8.42 Å². The van der Waals surface area contributed by atoms with Crippen LogP contribution >= 0.6 is 35.6 Å². The fraction of sp³-hybridized carbons (Fsp3) is 0.588. The predicted octanol–water partition coefficient (Wildman–Crippen LogP) is 2.09. The standard InChI is InChI=1S/C17H27ClN4O2S.HI/c1-3-19-17(21(2)14-15-6-4-5-7-16(15)18)20-8-9-22-10-12-25(23,24)13-11-22;/h4-7H,3,8-14H2,1-2H3,(H,19,20);1H. The first-order valence-electron chi connectivity index (χ1n) is 8.57. The quantitative estimate of drug-likeness (QED) is 0.358. The zero-order valence-corrected chi connectivity index (χ0v) is 19.2. The molecule has 1 N–H and O–H groups in total. The topological polar surface area (TPSA) is 65.0 Å². The summed E-state index contributed by atoms with van der Waals surface area (Å²) in [5, 5.41) is 4.04. The first-order chi connectivity index (χ1) is 11.9. The van der Waals surface area contributed by atoms with Gasteiger partial charge in [0, 0.05) is 44.8 Å². The number of halogens is 2. The first kappa shape index (κ1) is 23.5. The molecule has 0 amide bonds. The summed E-state index contributed by atoms with van der Waals surface area (Å²) in [5.41, 5.74) is 1.05. The average Bonchev–Trinajstić information content (AvgIpc) is 2.57. The summed E-state index contributed by atoms with van der Waals surface area (Å²) in [6.07, 6.45) is 0. The lowest BCUT2D eigenvalue weighted by Crippen LogP contribution is -2.42. The van der Waals surface area contributed by atoms with Crippen LogP contribution in [0.4, 0.5) is 0 Å². The molecule has 0 bridgehead atoms. The van der Waals surface area contributed by atoms with Gasteiger partial charge in [0.15, 0.2) is 15.8 Å². The second-order valence-corrected chi connectivity index (χ2v) is 8.89. The Hall–Kier alpha value is -0.580. The van der Waals surface area contributed by atoms with Crippen molar-refractivity contribution in [3.63, 3.8) is 0 Å². The SMILES string of the molecule is CCNC(=NCCN1CCS(=O)(=O)CC1)N(C)Cc1ccccc1Cl.I. The van der Waals surface area contributed by atoms with Gasteiger partial charge in [0.2, 0.25) is 0 Å². The van der Waals surface area contributed by atoms with Crippen LogP contribution in [0.1, 0.15) is 12.5 Å². The average molecular weight is 515 g/mol. The molecule has 0 radical (unpaired) electrons. The van der Waals surface area contributed by atoms with E-state index in [2.05, 4.69) is 15.2 Å². The van der Waals surface area contributed by atoms with Gasteiger partial charge in [-0.2, -0.15) is 0 Å². The third kappa shape index (κ3) is 7.58. The van der Waals surface area contributed by atoms with Crippen molar-refractivity contribution in [2.24, 2.45) is 4.99 Å². The molecule has 6 nitrogen and oxygen atoms in total. The smallest absolute Gasteiger partial charge is 0.194 e. The minimum absolute atomic E-state index is 0. The van der Waals surface area contributed by atoms with E-state index in [1.807, 2.05) is 43.1 Å². The zero-order chi connectivity index (χ0) is 18.3. The summed E-state index contributed by atoms with van der Waals surface area (Å²) in [4.78, 5) is 8.87. The number of aliphatic imine (C=N–C) groups is 1. The molecule has 1 heterocycles. The highest BCUT2D eigenvalue weighted by Crippen LogP contribution is 2.16. The van der Waals surface area contributed by atoms with Crippen LogP contribution in [0.25, 0.3) is 0 Å². The van der Waals surface area contributed by atoms with Gasteiger partial charge in [0.05, 0.1) is 18.1 Å². The number of hydrogen-bond donors (Lipinski definition) is 1. The number of nitrogens with one attached hydrogen (secondary N) is 1. The second kappa shape index (κ2) is 11.3. The molecule has 148 valence electrons. The Kier molecular flexibility index (Phi) is 10.2. The van der Waals surface area contributed by atoms with E-state index in [1.54, 1.807) is 0 Å². The Morgan fingerprint density at radius 3 is 2.58 bits per heavy atom. The van der Waals surface area contributed by atoms with Crippen LogP contribution in [-0.2, 0) is 16.4 Å². The summed E-state index contributed by atoms with van der Waals surface area (Å²) in [7, 11) is -0.844. The third-order valence-corrected chi connectivity index (χ3v) is 6.15. The molecule has 1 aromatic rings. The number of nitrogens with zero attached hydrogens (tertiary/aromatic N) is 3. The molecule has 1 aliphatic heterocycles. The van der Waals surface area contributed by atoms with Gasteiger partial charge in [0.25, 0.3) is 0 Å². The van der Waals surface area contributed by atoms with E-state index in [0.717, 1.165) is 29.6 Å². The van der Waals surface area contributed by atoms with Crippen molar-refractivity contribution >= 4 is 51.4 Å². The highest BCUT2D eigenvalue weighted by Gasteiger charge is 2.21. The summed E-state index contributed by atoms with van der Waals surface area (Å²) >= 11 is 6.24. The Balaban J connectivity index is 0.00000338. The summed E-state index contributed by atoms with van der Waals surface area (Å²) in [6.45, 7) is 6.10. The second-order valence-electron chi connectivity index (χ2n) is 6.18. The monoisotopic (exact) mass is 514 g/mol. The van der Waals surface area contributed by atoms with E-state index in [0.29, 0.717) is 26.2 Å². The van der Waals surface area contributed by atoms with Crippen molar-refractivity contribution in [2.75, 3.05) is 51.3 Å². The molecule has 1 aromatic carbocycles. The maximum atomic E-state index is 11.5. The Labute approximate surface area is 178 Å². The molecule has 26 heavy (non-hydrogen) atoms. The molecule has 0 atom stereocenters. The molecular weight excluding hydrogens is 487 g/mol. The molecule has 0 unspecified atom stereocenters. The van der Waals surface area contributed by atoms with Crippen molar-refractivity contribution in [2.45, 2.75) is 13.5 Å². The number of rotatable bonds is 6. The van der Waals surface area contributed by atoms with Gasteiger partial charge in [-0.15, -0.1) is 24.0 Å². The molecule has 0 saturated carbocycles. The molecule has 1 aliphatic rings. The largest absolute Gasteiger partial charge is 0.357 e. The Morgan fingerprint density at radius 1 is 1.31 bits per heavy atom. The summed E-state index contributed by atoms with van der Waals surface area (Å²) in [5.74, 6) is 1.33. The van der Waals surface area contributed by atoms with Crippen LogP contribution in [0.3, 0.4) is 0 Å². The lowest BCUT2D eigenvalue weighted by atomic mass is 10.2. The van der Waals surface area contributed by atoms with Crippen LogP contribution in [0.5, 0.6) is 0 Å². The van der Waals surface area contributed by atoms with Gasteiger partial charge >= 0.3 is 0 Å².